The van der Waals surface area contributed by atoms with E-state index in [1.54, 1.807) is 18.2 Å². The van der Waals surface area contributed by atoms with Crippen molar-refractivity contribution in [1.82, 2.24) is 29.7 Å². The van der Waals surface area contributed by atoms with Crippen LogP contribution in [-0.4, -0.2) is 94.4 Å². The third-order valence-corrected chi connectivity index (χ3v) is 15.1. The summed E-state index contributed by atoms with van der Waals surface area (Å²) in [4.78, 5) is 43.9. The normalized spacial score (nSPS) is 17.2. The largest absolute Gasteiger partial charge is 0.491 e. The molecular formula is C54H59Cl3F2N10O4. The molecule has 4 aliphatic rings. The topological polar surface area (TPSA) is 173 Å². The van der Waals surface area contributed by atoms with Gasteiger partial charge in [-0.2, -0.15) is 0 Å². The number of benzene rings is 4. The second-order valence-corrected chi connectivity index (χ2v) is 20.9. The molecule has 2 aromatic heterocycles. The van der Waals surface area contributed by atoms with Gasteiger partial charge in [0.25, 0.3) is 0 Å². The highest BCUT2D eigenvalue weighted by Crippen LogP contribution is 2.54. The molecule has 4 fully saturated rings. The fourth-order valence-electron chi connectivity index (χ4n) is 10.3. The van der Waals surface area contributed by atoms with Crippen molar-refractivity contribution in [2.45, 2.75) is 51.4 Å². The maximum atomic E-state index is 13.6. The third kappa shape index (κ3) is 13.3. The number of nitrogen functional groups attached to an aromatic ring is 1. The van der Waals surface area contributed by atoms with Crippen molar-refractivity contribution in [2.24, 2.45) is 22.7 Å². The number of halogens is 5. The number of rotatable bonds is 13. The molecule has 2 spiro atoms. The first-order valence-electron chi connectivity index (χ1n) is 24.2. The van der Waals surface area contributed by atoms with Crippen molar-refractivity contribution in [3.63, 3.8) is 0 Å². The zero-order valence-electron chi connectivity index (χ0n) is 40.8. The number of aromatic nitrogens is 4. The number of fused-ring (bicyclic) bond motifs is 2. The van der Waals surface area contributed by atoms with E-state index in [2.05, 4.69) is 72.9 Å². The molecule has 0 unspecified atom stereocenters. The Morgan fingerprint density at radius 3 is 1.58 bits per heavy atom. The summed E-state index contributed by atoms with van der Waals surface area (Å²) in [5.41, 5.74) is 10.9. The highest BCUT2D eigenvalue weighted by Gasteiger charge is 2.46. The Bertz CT molecular complexity index is 2990. The van der Waals surface area contributed by atoms with Crippen LogP contribution in [0.25, 0.3) is 21.8 Å². The van der Waals surface area contributed by atoms with Crippen LogP contribution in [0.5, 0.6) is 11.5 Å². The Morgan fingerprint density at radius 1 is 0.699 bits per heavy atom. The van der Waals surface area contributed by atoms with Gasteiger partial charge in [-0.05, 0) is 187 Å². The van der Waals surface area contributed by atoms with E-state index >= 15 is 0 Å². The summed E-state index contributed by atoms with van der Waals surface area (Å²) in [6.45, 7) is 12.6. The molecule has 4 aromatic carbocycles. The van der Waals surface area contributed by atoms with E-state index in [1.165, 1.54) is 107 Å². The number of nitrogens with one attached hydrogen (secondary N) is 3. The number of allylic oxidation sites excluding steroid dienone is 1. The van der Waals surface area contributed by atoms with E-state index in [4.69, 9.17) is 50.0 Å². The summed E-state index contributed by atoms with van der Waals surface area (Å²) in [6, 6.07) is 16.0. The number of carbonyl (C=O) groups is 2. The molecule has 5 N–H and O–H groups in total. The summed E-state index contributed by atoms with van der Waals surface area (Å²) in [7, 11) is 4.39. The van der Waals surface area contributed by atoms with Crippen LogP contribution in [0.1, 0.15) is 51.4 Å². The van der Waals surface area contributed by atoms with Gasteiger partial charge < -0.3 is 41.0 Å². The number of nitrogens with zero attached hydrogens (tertiary/aromatic N) is 6. The van der Waals surface area contributed by atoms with Gasteiger partial charge in [0.05, 0.1) is 45.7 Å². The zero-order chi connectivity index (χ0) is 51.9. The summed E-state index contributed by atoms with van der Waals surface area (Å²) in [5, 5.41) is 10.1. The molecule has 6 aromatic rings. The van der Waals surface area contributed by atoms with Crippen LogP contribution in [0, 0.1) is 34.3 Å². The van der Waals surface area contributed by atoms with Gasteiger partial charge in [0.1, 0.15) is 47.4 Å². The Hall–Kier alpha value is -6.17. The van der Waals surface area contributed by atoms with Crippen molar-refractivity contribution < 1.29 is 27.8 Å². The number of nitrogens with two attached hydrogens (primary N) is 1. The van der Waals surface area contributed by atoms with Crippen LogP contribution in [0.3, 0.4) is 0 Å². The fraction of sp³-hybridized carbons (Fsp3) is 0.370. The smallest absolute Gasteiger partial charge is 0.247 e. The van der Waals surface area contributed by atoms with E-state index in [9.17, 15) is 18.4 Å². The lowest BCUT2D eigenvalue weighted by molar-refractivity contribution is -0.112. The van der Waals surface area contributed by atoms with Gasteiger partial charge in [-0.1, -0.05) is 36.4 Å². The third-order valence-electron chi connectivity index (χ3n) is 14.4. The molecule has 10 rings (SSSR count). The molecule has 73 heavy (non-hydrogen) atoms. The first-order valence-corrected chi connectivity index (χ1v) is 25.3. The van der Waals surface area contributed by atoms with Crippen molar-refractivity contribution in [3.05, 3.63) is 120 Å². The molecule has 0 radical (unpaired) electrons. The fourth-order valence-corrected chi connectivity index (χ4v) is 10.7. The highest BCUT2D eigenvalue weighted by molar-refractivity contribution is 6.66. The maximum absolute atomic E-state index is 13.6. The van der Waals surface area contributed by atoms with E-state index in [-0.39, 0.29) is 16.0 Å². The molecule has 14 nitrogen and oxygen atoms in total. The molecule has 0 atom stereocenters. The van der Waals surface area contributed by atoms with Gasteiger partial charge in [0, 0.05) is 34.3 Å². The predicted octanol–water partition coefficient (Wildman–Crippen LogP) is 12.0. The Kier molecular flexibility index (Phi) is 17.0. The summed E-state index contributed by atoms with van der Waals surface area (Å²) >= 11 is 16.5. The zero-order valence-corrected chi connectivity index (χ0v) is 43.1. The van der Waals surface area contributed by atoms with Gasteiger partial charge in [-0.25, -0.2) is 28.7 Å². The van der Waals surface area contributed by atoms with Gasteiger partial charge in [-0.15, -0.1) is 0 Å². The minimum absolute atomic E-state index is 0.00556. The average molecular weight is 1060 g/mol. The highest BCUT2D eigenvalue weighted by atomic mass is 35.5. The number of hydrogen-bond donors (Lipinski definition) is 4. The molecule has 19 heteroatoms. The lowest BCUT2D eigenvalue weighted by Gasteiger charge is -2.51. The van der Waals surface area contributed by atoms with Crippen molar-refractivity contribution >= 4 is 102 Å². The molecule has 2 aliphatic carbocycles. The Balaban J connectivity index is 0.000000179. The summed E-state index contributed by atoms with van der Waals surface area (Å²) in [6.07, 6.45) is 15.1. The molecule has 2 saturated carbocycles. The maximum Gasteiger partial charge on any atom is 0.247 e. The first-order chi connectivity index (χ1) is 35.0. The van der Waals surface area contributed by atoms with Crippen LogP contribution in [-0.2, 0) is 9.59 Å². The van der Waals surface area contributed by atoms with Crippen LogP contribution in [0.15, 0.2) is 98.6 Å². The predicted molar refractivity (Wildman–Crippen MR) is 288 cm³/mol. The van der Waals surface area contributed by atoms with E-state index < -0.39 is 16.9 Å². The number of ether oxygens (including phenoxy) is 2. The molecule has 1 amide bonds. The number of anilines is 6. The van der Waals surface area contributed by atoms with Crippen LogP contribution in [0.4, 0.5) is 43.2 Å². The molecule has 384 valence electrons. The minimum Gasteiger partial charge on any atom is -0.491 e. The van der Waals surface area contributed by atoms with Gasteiger partial charge >= 0.3 is 0 Å². The van der Waals surface area contributed by atoms with Crippen LogP contribution >= 0.6 is 34.8 Å². The number of hydrogen-bond acceptors (Lipinski definition) is 13. The Morgan fingerprint density at radius 2 is 1.14 bits per heavy atom. The molecule has 2 aliphatic heterocycles. The van der Waals surface area contributed by atoms with E-state index in [0.29, 0.717) is 92.7 Å². The van der Waals surface area contributed by atoms with Crippen LogP contribution in [0.2, 0.25) is 10.0 Å². The first kappa shape index (κ1) is 53.1. The molecule has 0 bridgehead atoms. The number of amides is 1. The lowest BCUT2D eigenvalue weighted by atomic mass is 9.58. The number of carbonyl (C=O) groups excluding carboxylic acids is 2. The second-order valence-electron chi connectivity index (χ2n) is 19.7. The van der Waals surface area contributed by atoms with Crippen molar-refractivity contribution in [2.75, 3.05) is 75.2 Å². The Labute approximate surface area is 438 Å². The molecule has 2 saturated heterocycles. The summed E-state index contributed by atoms with van der Waals surface area (Å²) in [5.74, 6) is 2.03. The number of piperidine rings is 2. The van der Waals surface area contributed by atoms with Crippen LogP contribution < -0.4 is 31.2 Å². The van der Waals surface area contributed by atoms with Gasteiger partial charge in [0.2, 0.25) is 11.1 Å². The van der Waals surface area contributed by atoms with Gasteiger partial charge in [-0.3, -0.25) is 9.59 Å². The van der Waals surface area contributed by atoms with Crippen molar-refractivity contribution in [3.8, 4) is 11.5 Å². The molecular weight excluding hydrogens is 997 g/mol. The summed E-state index contributed by atoms with van der Waals surface area (Å²) < 4.78 is 39.4. The SMILES string of the molecule is C=CC(=O)Cl.C=CC(=O)Nc1cc2c(Nc3ccc(F)c(Cl)c3)ncnc2cc1OCC1CC2(CCN(C)CC2)C1.CN1CCC2(CC1)CC(COc1cc3ncnc(Nc4ccc(F)c(Cl)c4)c3cc1N)C2. The number of likely N-dealkylation sites (tertiary alicyclic amines) is 2. The van der Waals surface area contributed by atoms with E-state index in [0.717, 1.165) is 30.1 Å². The monoisotopic (exact) mass is 1050 g/mol. The quantitative estimate of drug-likeness (QED) is 0.0489. The second kappa shape index (κ2) is 23.4. The standard InChI is InChI=1S/C27H29ClFN5O2.C24H27ClFN5O.C3H3ClO/c1-3-25(35)33-23-11-19-22(30-16-31-26(19)32-18-4-5-21(29)20(28)10-18)12-24(23)36-15-17-13-27(14-17)6-8-34(2)9-7-27;1-31-6-4-24(5-7-31)11-15(12-24)13-32-22-10-21-17(9-20(22)27)23(29-14-28-21)30-16-2-3-19(26)18(25)8-16;1-2-3(4)5/h3-5,10-12,16-17H,1,6-9,13-15H2,2H3,(H,33,35)(H,30,31,32);2-3,8-10,14-15H,4-7,11-13,27H2,1H3,(H,28,29,30);2H,1H2. The van der Waals surface area contributed by atoms with Crippen molar-refractivity contribution in [1.29, 1.82) is 0 Å². The average Bonchev–Trinajstić information content (AvgIpc) is 3.35. The van der Waals surface area contributed by atoms with Gasteiger partial charge in [0.15, 0.2) is 0 Å². The molecule has 4 heterocycles. The van der Waals surface area contributed by atoms with E-state index in [1.807, 2.05) is 18.2 Å². The lowest BCUT2D eigenvalue weighted by Crippen LogP contribution is -2.47. The minimum atomic E-state index is -0.509.